The van der Waals surface area contributed by atoms with E-state index >= 15 is 0 Å². The highest BCUT2D eigenvalue weighted by Gasteiger charge is 2.22. The van der Waals surface area contributed by atoms with Crippen LogP contribution in [-0.2, 0) is 14.8 Å². The van der Waals surface area contributed by atoms with Gasteiger partial charge >= 0.3 is 0 Å². The molecule has 0 aliphatic rings. The monoisotopic (exact) mass is 502 g/mol. The summed E-state index contributed by atoms with van der Waals surface area (Å²) >= 11 is 7.48. The van der Waals surface area contributed by atoms with E-state index in [2.05, 4.69) is 10.0 Å². The quantitative estimate of drug-likeness (QED) is 0.305. The highest BCUT2D eigenvalue weighted by molar-refractivity contribution is 7.98. The summed E-state index contributed by atoms with van der Waals surface area (Å²) < 4.78 is 28.9. The van der Waals surface area contributed by atoms with E-state index in [1.54, 1.807) is 50.2 Å². The van der Waals surface area contributed by atoms with Gasteiger partial charge in [-0.25, -0.2) is 8.42 Å². The lowest BCUT2D eigenvalue weighted by Gasteiger charge is -2.15. The summed E-state index contributed by atoms with van der Waals surface area (Å²) in [5.41, 5.74) is 1.05. The lowest BCUT2D eigenvalue weighted by Crippen LogP contribution is -2.19. The van der Waals surface area contributed by atoms with Gasteiger partial charge in [0.15, 0.2) is 5.78 Å². The van der Waals surface area contributed by atoms with Crippen molar-refractivity contribution in [2.75, 3.05) is 16.3 Å². The van der Waals surface area contributed by atoms with E-state index < -0.39 is 10.0 Å². The van der Waals surface area contributed by atoms with Crippen LogP contribution in [0.15, 0.2) is 76.5 Å². The number of nitrogens with one attached hydrogen (secondary N) is 2. The van der Waals surface area contributed by atoms with E-state index in [-0.39, 0.29) is 33.8 Å². The van der Waals surface area contributed by atoms with E-state index in [9.17, 15) is 18.0 Å². The van der Waals surface area contributed by atoms with Crippen LogP contribution in [0.4, 0.5) is 11.4 Å². The Morgan fingerprint density at radius 3 is 2.27 bits per heavy atom. The maximum absolute atomic E-state index is 13.2. The SMILES string of the molecule is CSc1ccc(S(=O)(=O)Nc2ccc(Cl)cc2C(=O)c2ccccc2)cc1NC(=O)C(C)C. The summed E-state index contributed by atoms with van der Waals surface area (Å²) in [6, 6.07) is 17.4. The van der Waals surface area contributed by atoms with Crippen molar-refractivity contribution >= 4 is 56.5 Å². The lowest BCUT2D eigenvalue weighted by molar-refractivity contribution is -0.118. The van der Waals surface area contributed by atoms with Gasteiger partial charge in [-0.15, -0.1) is 11.8 Å². The molecule has 0 heterocycles. The molecule has 33 heavy (non-hydrogen) atoms. The molecule has 0 radical (unpaired) electrons. The molecule has 0 bridgehead atoms. The molecule has 0 saturated heterocycles. The van der Waals surface area contributed by atoms with E-state index in [4.69, 9.17) is 11.6 Å². The molecule has 0 aliphatic carbocycles. The molecule has 6 nitrogen and oxygen atoms in total. The van der Waals surface area contributed by atoms with E-state index in [0.29, 0.717) is 16.3 Å². The number of amides is 1. The Bertz CT molecular complexity index is 1290. The second-order valence-corrected chi connectivity index (χ2v) is 10.5. The molecule has 0 spiro atoms. The predicted octanol–water partition coefficient (Wildman–Crippen LogP) is 5.69. The molecular weight excluding hydrogens is 480 g/mol. The molecule has 3 aromatic rings. The second kappa shape index (κ2) is 10.4. The van der Waals surface area contributed by atoms with Gasteiger partial charge in [-0.3, -0.25) is 14.3 Å². The average molecular weight is 503 g/mol. The molecular formula is C24H23ClN2O4S2. The van der Waals surface area contributed by atoms with Gasteiger partial charge in [-0.05, 0) is 42.7 Å². The summed E-state index contributed by atoms with van der Waals surface area (Å²) in [5.74, 6) is -0.849. The van der Waals surface area contributed by atoms with Crippen LogP contribution in [0.5, 0.6) is 0 Å². The number of benzene rings is 3. The van der Waals surface area contributed by atoms with Gasteiger partial charge in [-0.1, -0.05) is 55.8 Å². The van der Waals surface area contributed by atoms with E-state index in [1.165, 1.54) is 42.1 Å². The number of thioether (sulfide) groups is 1. The van der Waals surface area contributed by atoms with Gasteiger partial charge < -0.3 is 5.32 Å². The van der Waals surface area contributed by atoms with Crippen molar-refractivity contribution in [1.29, 1.82) is 0 Å². The number of sulfonamides is 1. The second-order valence-electron chi connectivity index (χ2n) is 7.50. The smallest absolute Gasteiger partial charge is 0.261 e. The topological polar surface area (TPSA) is 92.3 Å². The minimum Gasteiger partial charge on any atom is -0.325 e. The van der Waals surface area contributed by atoms with Crippen LogP contribution in [0, 0.1) is 5.92 Å². The van der Waals surface area contributed by atoms with Gasteiger partial charge in [0.1, 0.15) is 0 Å². The number of rotatable bonds is 8. The maximum atomic E-state index is 13.2. The summed E-state index contributed by atoms with van der Waals surface area (Å²) in [4.78, 5) is 25.9. The number of carbonyl (C=O) groups excluding carboxylic acids is 2. The first-order chi connectivity index (χ1) is 15.6. The lowest BCUT2D eigenvalue weighted by atomic mass is 10.0. The zero-order valence-electron chi connectivity index (χ0n) is 18.3. The van der Waals surface area contributed by atoms with Crippen LogP contribution in [0.3, 0.4) is 0 Å². The number of carbonyl (C=O) groups is 2. The van der Waals surface area contributed by atoms with Crippen molar-refractivity contribution in [2.45, 2.75) is 23.6 Å². The number of hydrogen-bond donors (Lipinski definition) is 2. The zero-order chi connectivity index (χ0) is 24.2. The molecule has 3 rings (SSSR count). The Hall–Kier alpha value is -2.81. The number of hydrogen-bond acceptors (Lipinski definition) is 5. The Morgan fingerprint density at radius 2 is 1.64 bits per heavy atom. The summed E-state index contributed by atoms with van der Waals surface area (Å²) in [7, 11) is -4.07. The van der Waals surface area contributed by atoms with Crippen LogP contribution in [0.2, 0.25) is 5.02 Å². The Morgan fingerprint density at radius 1 is 0.939 bits per heavy atom. The molecule has 1 amide bonds. The van der Waals surface area contributed by atoms with Gasteiger partial charge in [0.2, 0.25) is 5.91 Å². The molecule has 0 atom stereocenters. The molecule has 0 aliphatic heterocycles. The minimum absolute atomic E-state index is 0.0487. The van der Waals surface area contributed by atoms with E-state index in [0.717, 1.165) is 4.90 Å². The molecule has 172 valence electrons. The van der Waals surface area contributed by atoms with Crippen LogP contribution >= 0.6 is 23.4 Å². The van der Waals surface area contributed by atoms with Crippen LogP contribution in [0.25, 0.3) is 0 Å². The Balaban J connectivity index is 1.99. The third kappa shape index (κ3) is 5.96. The van der Waals surface area contributed by atoms with Crippen molar-refractivity contribution in [3.05, 3.63) is 82.9 Å². The number of ketones is 1. The Kier molecular flexibility index (Phi) is 7.84. The van der Waals surface area contributed by atoms with Gasteiger partial charge in [0.25, 0.3) is 10.0 Å². The molecule has 0 fully saturated rings. The molecule has 0 aromatic heterocycles. The first-order valence-electron chi connectivity index (χ1n) is 10.0. The van der Waals surface area contributed by atoms with Gasteiger partial charge in [0, 0.05) is 27.0 Å². The highest BCUT2D eigenvalue weighted by Crippen LogP contribution is 2.31. The number of halogens is 1. The highest BCUT2D eigenvalue weighted by atomic mass is 35.5. The predicted molar refractivity (Wildman–Crippen MR) is 134 cm³/mol. The fourth-order valence-corrected chi connectivity index (χ4v) is 4.78. The molecule has 2 N–H and O–H groups in total. The molecule has 0 unspecified atom stereocenters. The first-order valence-corrected chi connectivity index (χ1v) is 13.1. The molecule has 0 saturated carbocycles. The first kappa shape index (κ1) is 24.8. The summed E-state index contributed by atoms with van der Waals surface area (Å²) in [6.45, 7) is 3.50. The van der Waals surface area contributed by atoms with Crippen LogP contribution in [0.1, 0.15) is 29.8 Å². The standard InChI is InChI=1S/C24H23ClN2O4S2/c1-15(2)24(29)26-21-14-18(10-12-22(21)32-3)33(30,31)27-20-11-9-17(25)13-19(20)23(28)16-7-5-4-6-8-16/h4-15,27H,1-3H3,(H,26,29). The van der Waals surface area contributed by atoms with Crippen molar-refractivity contribution in [3.8, 4) is 0 Å². The minimum atomic E-state index is -4.07. The Labute approximate surface area is 202 Å². The van der Waals surface area contributed by atoms with Gasteiger partial charge in [0.05, 0.1) is 16.3 Å². The van der Waals surface area contributed by atoms with Crippen LogP contribution in [-0.4, -0.2) is 26.4 Å². The number of anilines is 2. The van der Waals surface area contributed by atoms with Crippen LogP contribution < -0.4 is 10.0 Å². The largest absolute Gasteiger partial charge is 0.325 e. The third-order valence-electron chi connectivity index (χ3n) is 4.77. The van der Waals surface area contributed by atoms with Crippen molar-refractivity contribution in [2.24, 2.45) is 5.92 Å². The average Bonchev–Trinajstić information content (AvgIpc) is 2.80. The molecule has 3 aromatic carbocycles. The van der Waals surface area contributed by atoms with Crippen molar-refractivity contribution in [1.82, 2.24) is 0 Å². The van der Waals surface area contributed by atoms with Crippen molar-refractivity contribution < 1.29 is 18.0 Å². The molecule has 9 heteroatoms. The van der Waals surface area contributed by atoms with E-state index in [1.807, 2.05) is 6.26 Å². The summed E-state index contributed by atoms with van der Waals surface area (Å²) in [6.07, 6.45) is 1.84. The third-order valence-corrected chi connectivity index (χ3v) is 7.16. The fourth-order valence-electron chi connectivity index (χ4n) is 2.97. The van der Waals surface area contributed by atoms with Gasteiger partial charge in [-0.2, -0.15) is 0 Å². The maximum Gasteiger partial charge on any atom is 0.261 e. The fraction of sp³-hybridized carbons (Fsp3) is 0.167. The summed E-state index contributed by atoms with van der Waals surface area (Å²) in [5, 5.41) is 3.08. The normalized spacial score (nSPS) is 11.3. The zero-order valence-corrected chi connectivity index (χ0v) is 20.6. The van der Waals surface area contributed by atoms with Crippen molar-refractivity contribution in [3.63, 3.8) is 0 Å².